The van der Waals surface area contributed by atoms with Gasteiger partial charge in [-0.3, -0.25) is 10.2 Å². The van der Waals surface area contributed by atoms with Crippen LogP contribution in [0.3, 0.4) is 0 Å². The van der Waals surface area contributed by atoms with Crippen molar-refractivity contribution < 1.29 is 4.79 Å². The number of hydrazone groups is 1. The molecule has 4 rings (SSSR count). The summed E-state index contributed by atoms with van der Waals surface area (Å²) in [4.78, 5) is 26.5. The quantitative estimate of drug-likeness (QED) is 0.257. The van der Waals surface area contributed by atoms with Crippen LogP contribution >= 0.6 is 0 Å². The molecular formula is C26H27N7O. The van der Waals surface area contributed by atoms with Gasteiger partial charge in [-0.15, -0.1) is 0 Å². The van der Waals surface area contributed by atoms with E-state index in [1.54, 1.807) is 24.3 Å². The molecule has 8 nitrogen and oxygen atoms in total. The standard InChI is InChI=1S/C26H27N7O/c1-5-33(4)26(34)23-14-19-6-7-20(15-22(19)31-23)25-28-13-12-24(32-25)30-21-10-8-18(9-11-21)17(2)16-29-27-3/h6-16,29,31H,3,5H2,1-2,4H3,(H,28,30,32)/b17-16+. The lowest BCUT2D eigenvalue weighted by Crippen LogP contribution is -2.26. The molecule has 0 aliphatic rings. The van der Waals surface area contributed by atoms with Crippen LogP contribution in [0.25, 0.3) is 27.9 Å². The van der Waals surface area contributed by atoms with Crippen molar-refractivity contribution in [3.05, 3.63) is 78.3 Å². The molecule has 0 radical (unpaired) electrons. The molecule has 0 saturated heterocycles. The highest BCUT2D eigenvalue weighted by Gasteiger charge is 2.14. The van der Waals surface area contributed by atoms with Gasteiger partial charge in [0.05, 0.1) is 0 Å². The summed E-state index contributed by atoms with van der Waals surface area (Å²) in [6.45, 7) is 8.00. The zero-order valence-corrected chi connectivity index (χ0v) is 19.5. The summed E-state index contributed by atoms with van der Waals surface area (Å²) in [5.41, 5.74) is 8.09. The van der Waals surface area contributed by atoms with E-state index in [2.05, 4.69) is 37.5 Å². The van der Waals surface area contributed by atoms with Crippen molar-refractivity contribution in [1.29, 1.82) is 0 Å². The number of nitrogens with zero attached hydrogens (tertiary/aromatic N) is 4. The number of allylic oxidation sites excluding steroid dienone is 1. The Labute approximate surface area is 198 Å². The first-order chi connectivity index (χ1) is 16.5. The number of carbonyl (C=O) groups is 1. The summed E-state index contributed by atoms with van der Waals surface area (Å²) in [5.74, 6) is 1.25. The number of amides is 1. The first-order valence-corrected chi connectivity index (χ1v) is 11.0. The number of hydrogen-bond donors (Lipinski definition) is 3. The molecule has 0 fully saturated rings. The smallest absolute Gasteiger partial charge is 0.270 e. The van der Waals surface area contributed by atoms with Crippen molar-refractivity contribution in [2.45, 2.75) is 13.8 Å². The Hall–Kier alpha value is -4.46. The van der Waals surface area contributed by atoms with Crippen molar-refractivity contribution in [3.8, 4) is 11.4 Å². The molecule has 0 aliphatic heterocycles. The van der Waals surface area contributed by atoms with Crippen LogP contribution in [0, 0.1) is 0 Å². The van der Waals surface area contributed by atoms with Crippen molar-refractivity contribution >= 4 is 40.6 Å². The molecule has 34 heavy (non-hydrogen) atoms. The zero-order chi connectivity index (χ0) is 24.1. The number of H-pyrrole nitrogens is 1. The number of rotatable bonds is 8. The van der Waals surface area contributed by atoms with Gasteiger partial charge in [-0.25, -0.2) is 9.97 Å². The van der Waals surface area contributed by atoms with Crippen molar-refractivity contribution in [2.24, 2.45) is 5.10 Å². The van der Waals surface area contributed by atoms with Crippen molar-refractivity contribution in [3.63, 3.8) is 0 Å². The molecule has 0 atom stereocenters. The van der Waals surface area contributed by atoms with Crippen LogP contribution < -0.4 is 10.7 Å². The maximum absolute atomic E-state index is 12.5. The summed E-state index contributed by atoms with van der Waals surface area (Å²) in [6.07, 6.45) is 3.53. The minimum atomic E-state index is -0.0342. The van der Waals surface area contributed by atoms with Crippen LogP contribution in [0.5, 0.6) is 0 Å². The van der Waals surface area contributed by atoms with Gasteiger partial charge in [0, 0.05) is 54.9 Å². The molecule has 0 unspecified atom stereocenters. The Bertz CT molecular complexity index is 1360. The topological polar surface area (TPSA) is 98.3 Å². The largest absolute Gasteiger partial charge is 0.351 e. The Kier molecular flexibility index (Phi) is 6.68. The lowest BCUT2D eigenvalue weighted by atomic mass is 10.1. The second-order valence-corrected chi connectivity index (χ2v) is 7.89. The van der Waals surface area contributed by atoms with E-state index in [0.29, 0.717) is 23.9 Å². The summed E-state index contributed by atoms with van der Waals surface area (Å²) in [6, 6.07) is 17.6. The lowest BCUT2D eigenvalue weighted by molar-refractivity contribution is 0.0797. The first-order valence-electron chi connectivity index (χ1n) is 11.0. The Morgan fingerprint density at radius 2 is 1.97 bits per heavy atom. The molecule has 2 aromatic heterocycles. The zero-order valence-electron chi connectivity index (χ0n) is 19.5. The van der Waals surface area contributed by atoms with Gasteiger partial charge in [0.1, 0.15) is 11.5 Å². The van der Waals surface area contributed by atoms with E-state index in [1.165, 1.54) is 0 Å². The highest BCUT2D eigenvalue weighted by molar-refractivity contribution is 5.98. The van der Waals surface area contributed by atoms with Gasteiger partial charge in [0.2, 0.25) is 0 Å². The third-order valence-electron chi connectivity index (χ3n) is 5.57. The van der Waals surface area contributed by atoms with Crippen LogP contribution in [0.1, 0.15) is 29.9 Å². The minimum Gasteiger partial charge on any atom is -0.351 e. The fraction of sp³-hybridized carbons (Fsp3) is 0.154. The van der Waals surface area contributed by atoms with E-state index in [-0.39, 0.29) is 5.91 Å². The van der Waals surface area contributed by atoms with E-state index >= 15 is 0 Å². The normalized spacial score (nSPS) is 11.3. The van der Waals surface area contributed by atoms with Gasteiger partial charge in [-0.05, 0) is 55.3 Å². The molecule has 172 valence electrons. The fourth-order valence-electron chi connectivity index (χ4n) is 3.49. The molecule has 0 bridgehead atoms. The van der Waals surface area contributed by atoms with Crippen LogP contribution in [0.2, 0.25) is 0 Å². The number of nitrogens with one attached hydrogen (secondary N) is 3. The third-order valence-corrected chi connectivity index (χ3v) is 5.57. The summed E-state index contributed by atoms with van der Waals surface area (Å²) in [7, 11) is 1.79. The molecular weight excluding hydrogens is 426 g/mol. The summed E-state index contributed by atoms with van der Waals surface area (Å²) < 4.78 is 0. The van der Waals surface area contributed by atoms with Gasteiger partial charge < -0.3 is 15.2 Å². The van der Waals surface area contributed by atoms with E-state index in [1.807, 2.05) is 68.4 Å². The molecule has 0 aliphatic carbocycles. The van der Waals surface area contributed by atoms with Crippen LogP contribution in [0.4, 0.5) is 11.5 Å². The number of aromatic nitrogens is 3. The summed E-state index contributed by atoms with van der Waals surface area (Å²) in [5, 5.41) is 7.91. The molecule has 0 saturated carbocycles. The maximum Gasteiger partial charge on any atom is 0.270 e. The van der Waals surface area contributed by atoms with E-state index in [4.69, 9.17) is 0 Å². The average Bonchev–Trinajstić information content (AvgIpc) is 3.30. The average molecular weight is 454 g/mol. The SMILES string of the molecule is C=NN/C=C(\C)c1ccc(Nc2ccnc(-c3ccc4cc(C(=O)N(C)CC)[nH]c4c3)n2)cc1. The Balaban J connectivity index is 1.54. The lowest BCUT2D eigenvalue weighted by Gasteiger charge is -2.12. The van der Waals surface area contributed by atoms with Crippen LogP contribution in [-0.2, 0) is 0 Å². The highest BCUT2D eigenvalue weighted by Crippen LogP contribution is 2.25. The molecule has 4 aromatic rings. The molecule has 3 N–H and O–H groups in total. The number of fused-ring (bicyclic) bond motifs is 1. The Morgan fingerprint density at radius 3 is 2.71 bits per heavy atom. The number of hydrogen-bond acceptors (Lipinski definition) is 6. The van der Waals surface area contributed by atoms with Gasteiger partial charge in [-0.1, -0.05) is 24.3 Å². The first kappa shape index (κ1) is 22.7. The van der Waals surface area contributed by atoms with Crippen LogP contribution in [-0.4, -0.2) is 46.1 Å². The van der Waals surface area contributed by atoms with Crippen molar-refractivity contribution in [2.75, 3.05) is 18.9 Å². The van der Waals surface area contributed by atoms with E-state index < -0.39 is 0 Å². The van der Waals surface area contributed by atoms with Gasteiger partial charge >= 0.3 is 0 Å². The van der Waals surface area contributed by atoms with Gasteiger partial charge in [-0.2, -0.15) is 5.10 Å². The third kappa shape index (κ3) is 4.96. The molecule has 1 amide bonds. The molecule has 2 heterocycles. The molecule has 8 heteroatoms. The molecule has 0 spiro atoms. The predicted molar refractivity (Wildman–Crippen MR) is 138 cm³/mol. The number of carbonyl (C=O) groups excluding carboxylic acids is 1. The fourth-order valence-corrected chi connectivity index (χ4v) is 3.49. The summed E-state index contributed by atoms with van der Waals surface area (Å²) >= 11 is 0. The number of anilines is 2. The second-order valence-electron chi connectivity index (χ2n) is 7.89. The highest BCUT2D eigenvalue weighted by atomic mass is 16.2. The van der Waals surface area contributed by atoms with Crippen molar-refractivity contribution in [1.82, 2.24) is 25.3 Å². The minimum absolute atomic E-state index is 0.0342. The molecule has 2 aromatic carbocycles. The Morgan fingerprint density at radius 1 is 1.18 bits per heavy atom. The van der Waals surface area contributed by atoms with E-state index in [0.717, 1.165) is 33.3 Å². The van der Waals surface area contributed by atoms with Gasteiger partial charge in [0.15, 0.2) is 5.82 Å². The number of aromatic amines is 1. The second kappa shape index (κ2) is 9.99. The monoisotopic (exact) mass is 453 g/mol. The van der Waals surface area contributed by atoms with Gasteiger partial charge in [0.25, 0.3) is 5.91 Å². The maximum atomic E-state index is 12.5. The van der Waals surface area contributed by atoms with E-state index in [9.17, 15) is 4.79 Å². The van der Waals surface area contributed by atoms with Crippen LogP contribution in [0.15, 0.2) is 72.1 Å². The number of benzene rings is 2. The predicted octanol–water partition coefficient (Wildman–Crippen LogP) is 5.03.